The molecule has 0 spiro atoms. The summed E-state index contributed by atoms with van der Waals surface area (Å²) >= 11 is 0. The van der Waals surface area contributed by atoms with E-state index in [1.165, 1.54) is 0 Å². The van der Waals surface area contributed by atoms with Gasteiger partial charge in [-0.05, 0) is 33.0 Å². The molecule has 1 saturated heterocycles. The molecule has 0 bridgehead atoms. The summed E-state index contributed by atoms with van der Waals surface area (Å²) in [6.07, 6.45) is 0. The molecule has 1 N–H and O–H groups in total. The van der Waals surface area contributed by atoms with Gasteiger partial charge >= 0.3 is 5.97 Å². The first-order valence-electron chi connectivity index (χ1n) is 8.11. The van der Waals surface area contributed by atoms with Gasteiger partial charge in [-0.25, -0.2) is 0 Å². The monoisotopic (exact) mass is 322 g/mol. The number of hydrogen-bond acceptors (Lipinski definition) is 5. The second-order valence-corrected chi connectivity index (χ2v) is 5.65. The van der Waals surface area contributed by atoms with Crippen molar-refractivity contribution in [3.05, 3.63) is 23.8 Å². The number of ether oxygens (including phenoxy) is 2. The molecular formula is C17H26N2O4. The number of aliphatic carboxylic acids is 1. The molecule has 6 nitrogen and oxygen atoms in total. The number of carboxylic acids is 1. The molecule has 6 heteroatoms. The minimum absolute atomic E-state index is 0.484. The van der Waals surface area contributed by atoms with E-state index in [0.717, 1.165) is 26.2 Å². The van der Waals surface area contributed by atoms with Gasteiger partial charge in [0.15, 0.2) is 0 Å². The van der Waals surface area contributed by atoms with Crippen LogP contribution in [-0.4, -0.2) is 67.3 Å². The summed E-state index contributed by atoms with van der Waals surface area (Å²) in [6.45, 7) is 8.04. The molecule has 1 atom stereocenters. The van der Waals surface area contributed by atoms with Gasteiger partial charge in [0.25, 0.3) is 0 Å². The number of rotatable bonds is 7. The highest BCUT2D eigenvalue weighted by Crippen LogP contribution is 2.33. The normalized spacial score (nSPS) is 17.7. The molecule has 1 unspecified atom stereocenters. The number of benzene rings is 1. The summed E-state index contributed by atoms with van der Waals surface area (Å²) in [5.41, 5.74) is 0.687. The van der Waals surface area contributed by atoms with Crippen LogP contribution in [0.3, 0.4) is 0 Å². The Morgan fingerprint density at radius 2 is 1.83 bits per heavy atom. The van der Waals surface area contributed by atoms with Crippen molar-refractivity contribution in [2.45, 2.75) is 19.9 Å². The SMILES string of the molecule is CCOc1ccc(C(C(=O)O)N2CCN(C)CC2)c(OCC)c1. The maximum atomic E-state index is 11.9. The average molecular weight is 322 g/mol. The third kappa shape index (κ3) is 4.36. The van der Waals surface area contributed by atoms with E-state index in [1.54, 1.807) is 6.07 Å². The summed E-state index contributed by atoms with van der Waals surface area (Å²) in [5.74, 6) is 0.437. The van der Waals surface area contributed by atoms with Crippen LogP contribution in [0.1, 0.15) is 25.5 Å². The highest BCUT2D eigenvalue weighted by atomic mass is 16.5. The zero-order valence-electron chi connectivity index (χ0n) is 14.1. The molecule has 128 valence electrons. The van der Waals surface area contributed by atoms with Crippen molar-refractivity contribution in [1.29, 1.82) is 0 Å². The molecule has 1 heterocycles. The van der Waals surface area contributed by atoms with Crippen LogP contribution in [0.25, 0.3) is 0 Å². The van der Waals surface area contributed by atoms with Gasteiger partial charge in [-0.15, -0.1) is 0 Å². The van der Waals surface area contributed by atoms with Crippen LogP contribution in [0.2, 0.25) is 0 Å². The van der Waals surface area contributed by atoms with Crippen molar-refractivity contribution in [3.8, 4) is 11.5 Å². The van der Waals surface area contributed by atoms with Crippen molar-refractivity contribution in [1.82, 2.24) is 9.80 Å². The maximum absolute atomic E-state index is 11.9. The summed E-state index contributed by atoms with van der Waals surface area (Å²) in [4.78, 5) is 16.1. The third-order valence-corrected chi connectivity index (χ3v) is 4.03. The highest BCUT2D eigenvalue weighted by molar-refractivity contribution is 5.77. The van der Waals surface area contributed by atoms with Crippen LogP contribution >= 0.6 is 0 Å². The van der Waals surface area contributed by atoms with E-state index in [9.17, 15) is 9.90 Å². The fourth-order valence-electron chi connectivity index (χ4n) is 2.84. The Morgan fingerprint density at radius 1 is 1.17 bits per heavy atom. The summed E-state index contributed by atoms with van der Waals surface area (Å²) in [5, 5.41) is 9.77. The fraction of sp³-hybridized carbons (Fsp3) is 0.588. The average Bonchev–Trinajstić information content (AvgIpc) is 2.52. The topological polar surface area (TPSA) is 62.2 Å². The van der Waals surface area contributed by atoms with Crippen molar-refractivity contribution in [2.24, 2.45) is 0 Å². The number of carbonyl (C=O) groups is 1. The van der Waals surface area contributed by atoms with Crippen molar-refractivity contribution in [3.63, 3.8) is 0 Å². The highest BCUT2D eigenvalue weighted by Gasteiger charge is 2.32. The molecule has 1 aromatic rings. The lowest BCUT2D eigenvalue weighted by atomic mass is 10.0. The molecule has 2 rings (SSSR count). The van der Waals surface area contributed by atoms with Crippen LogP contribution in [-0.2, 0) is 4.79 Å². The van der Waals surface area contributed by atoms with E-state index in [0.29, 0.717) is 30.3 Å². The summed E-state index contributed by atoms with van der Waals surface area (Å²) in [6, 6.07) is 4.72. The molecule has 0 aliphatic carbocycles. The fourth-order valence-corrected chi connectivity index (χ4v) is 2.84. The Hall–Kier alpha value is -1.79. The van der Waals surface area contributed by atoms with Gasteiger partial charge in [0.1, 0.15) is 17.5 Å². The summed E-state index contributed by atoms with van der Waals surface area (Å²) < 4.78 is 11.2. The Balaban J connectivity index is 2.32. The molecule has 1 aliphatic heterocycles. The lowest BCUT2D eigenvalue weighted by Gasteiger charge is -2.36. The van der Waals surface area contributed by atoms with Gasteiger partial charge in [-0.1, -0.05) is 0 Å². The van der Waals surface area contributed by atoms with Crippen molar-refractivity contribution in [2.75, 3.05) is 46.4 Å². The quantitative estimate of drug-likeness (QED) is 0.827. The molecule has 0 saturated carbocycles. The number of nitrogens with zero attached hydrogens (tertiary/aromatic N) is 2. The first kappa shape index (κ1) is 17.6. The minimum Gasteiger partial charge on any atom is -0.494 e. The molecule has 0 amide bonds. The van der Waals surface area contributed by atoms with Gasteiger partial charge in [0, 0.05) is 37.8 Å². The first-order valence-corrected chi connectivity index (χ1v) is 8.11. The van der Waals surface area contributed by atoms with Crippen LogP contribution < -0.4 is 9.47 Å². The van der Waals surface area contributed by atoms with Gasteiger partial charge in [-0.2, -0.15) is 0 Å². The zero-order chi connectivity index (χ0) is 16.8. The van der Waals surface area contributed by atoms with Crippen LogP contribution in [0.4, 0.5) is 0 Å². The maximum Gasteiger partial charge on any atom is 0.325 e. The molecule has 1 aromatic carbocycles. The van der Waals surface area contributed by atoms with Gasteiger partial charge in [0.2, 0.25) is 0 Å². The van der Waals surface area contributed by atoms with Gasteiger partial charge in [-0.3, -0.25) is 9.69 Å². The Morgan fingerprint density at radius 3 is 2.39 bits per heavy atom. The van der Waals surface area contributed by atoms with Crippen LogP contribution in [0.5, 0.6) is 11.5 Å². The second-order valence-electron chi connectivity index (χ2n) is 5.65. The first-order chi connectivity index (χ1) is 11.1. The van der Waals surface area contributed by atoms with E-state index >= 15 is 0 Å². The third-order valence-electron chi connectivity index (χ3n) is 4.03. The molecule has 1 aliphatic rings. The van der Waals surface area contributed by atoms with Crippen LogP contribution in [0, 0.1) is 0 Å². The number of carboxylic acid groups (broad SMARTS) is 1. The Kier molecular flexibility index (Phi) is 6.24. The van der Waals surface area contributed by atoms with E-state index in [1.807, 2.05) is 30.9 Å². The minimum atomic E-state index is -0.848. The lowest BCUT2D eigenvalue weighted by molar-refractivity contribution is -0.144. The van der Waals surface area contributed by atoms with Gasteiger partial charge in [0.05, 0.1) is 13.2 Å². The Labute approximate surface area is 137 Å². The summed E-state index contributed by atoms with van der Waals surface area (Å²) in [7, 11) is 2.05. The van der Waals surface area contributed by atoms with Crippen LogP contribution in [0.15, 0.2) is 18.2 Å². The largest absolute Gasteiger partial charge is 0.494 e. The predicted octanol–water partition coefficient (Wildman–Crippen LogP) is 1.86. The van der Waals surface area contributed by atoms with E-state index in [2.05, 4.69) is 11.9 Å². The van der Waals surface area contributed by atoms with E-state index in [-0.39, 0.29) is 0 Å². The van der Waals surface area contributed by atoms with Gasteiger partial charge < -0.3 is 19.5 Å². The number of piperazine rings is 1. The molecular weight excluding hydrogens is 296 g/mol. The lowest BCUT2D eigenvalue weighted by Crippen LogP contribution is -2.47. The molecule has 0 aromatic heterocycles. The van der Waals surface area contributed by atoms with E-state index in [4.69, 9.17) is 9.47 Å². The number of likely N-dealkylation sites (N-methyl/N-ethyl adjacent to an activating group) is 1. The second kappa shape index (κ2) is 8.17. The zero-order valence-corrected chi connectivity index (χ0v) is 14.1. The van der Waals surface area contributed by atoms with Crippen molar-refractivity contribution >= 4 is 5.97 Å². The number of hydrogen-bond donors (Lipinski definition) is 1. The predicted molar refractivity (Wildman–Crippen MR) is 88.2 cm³/mol. The van der Waals surface area contributed by atoms with Crippen molar-refractivity contribution < 1.29 is 19.4 Å². The molecule has 23 heavy (non-hydrogen) atoms. The Bertz CT molecular complexity index is 527. The molecule has 1 fully saturated rings. The molecule has 0 radical (unpaired) electrons. The van der Waals surface area contributed by atoms with E-state index < -0.39 is 12.0 Å². The standard InChI is InChI=1S/C17H26N2O4/c1-4-22-13-6-7-14(15(12-13)23-5-2)16(17(20)21)19-10-8-18(3)9-11-19/h6-7,12,16H,4-5,8-11H2,1-3H3,(H,20,21). The smallest absolute Gasteiger partial charge is 0.325 e.